The molecule has 2 unspecified atom stereocenters. The Balaban J connectivity index is -0.000000125. The molecule has 39 heavy (non-hydrogen) atoms. The fraction of sp³-hybridized carbons (Fsp3) is 0.667. The molecule has 0 aromatic heterocycles. The zero-order valence-electron chi connectivity index (χ0n) is 21.2. The van der Waals surface area contributed by atoms with E-state index in [1.165, 1.54) is 6.92 Å². The average Bonchev–Trinajstić information content (AvgIpc) is 2.80. The van der Waals surface area contributed by atoms with Crippen molar-refractivity contribution in [2.75, 3.05) is 13.2 Å². The van der Waals surface area contributed by atoms with E-state index >= 15 is 0 Å². The molecule has 0 aliphatic heterocycles. The second-order valence-corrected chi connectivity index (χ2v) is 6.90. The number of aliphatic hydroxyl groups excluding tert-OH is 4. The van der Waals surface area contributed by atoms with Crippen LogP contribution < -0.4 is 0 Å². The molecule has 0 aliphatic rings. The Kier molecular flexibility index (Phi) is 37.2. The van der Waals surface area contributed by atoms with Crippen molar-refractivity contribution >= 4 is 41.8 Å². The molecule has 0 heterocycles. The van der Waals surface area contributed by atoms with Crippen LogP contribution >= 0.6 is 0 Å². The van der Waals surface area contributed by atoms with Gasteiger partial charge in [0, 0.05) is 26.1 Å². The number of hydrogen-bond acceptors (Lipinski definition) is 11. The highest BCUT2D eigenvalue weighted by molar-refractivity contribution is 5.79. The van der Waals surface area contributed by atoms with Crippen LogP contribution in [0.3, 0.4) is 0 Å². The standard InChI is InChI=1S/C6H10O4.C4H6O5.C4H6O4.C4H10O2.C3H6O3/c7-5(8)3-1-2-4-6(9)10;5-2(4(8)9)1-3(6)7;5-3(6)1-2-4(7)8;5-3-1-2-4-6;1-2(4)3(5)6/h1-4H2,(H,7,8)(H,9,10);2,5H,1H2,(H,6,7)(H,8,9);1-2H2,(H,5,6)(H,7,8);5-6H,1-4H2;2,4H,1H3,(H,5,6). The molecular weight excluding hydrogens is 540 g/mol. The van der Waals surface area contributed by atoms with Gasteiger partial charge in [0.2, 0.25) is 0 Å². The lowest BCUT2D eigenvalue weighted by molar-refractivity contribution is -0.152. The SMILES string of the molecule is CC(O)C(=O)O.O=C(O)CC(O)C(=O)O.O=C(O)CCC(=O)O.O=C(O)CCCCC(=O)O.OCCCCO. The van der Waals surface area contributed by atoms with Crippen LogP contribution in [0.15, 0.2) is 0 Å². The number of rotatable bonds is 15. The Hall–Kier alpha value is -3.87. The van der Waals surface area contributed by atoms with Crippen molar-refractivity contribution in [1.82, 2.24) is 0 Å². The van der Waals surface area contributed by atoms with E-state index in [4.69, 9.17) is 56.2 Å². The second-order valence-electron chi connectivity index (χ2n) is 6.90. The van der Waals surface area contributed by atoms with Gasteiger partial charge in [-0.15, -0.1) is 0 Å². The van der Waals surface area contributed by atoms with Gasteiger partial charge in [-0.05, 0) is 32.6 Å². The highest BCUT2D eigenvalue weighted by Crippen LogP contribution is 1.98. The summed E-state index contributed by atoms with van der Waals surface area (Å²) in [6.07, 6.45) is -1.91. The van der Waals surface area contributed by atoms with Gasteiger partial charge in [0.25, 0.3) is 0 Å². The number of carboxylic acid groups (broad SMARTS) is 7. The number of unbranched alkanes of at least 4 members (excludes halogenated alkanes) is 2. The van der Waals surface area contributed by atoms with Crippen LogP contribution in [0.4, 0.5) is 0 Å². The molecular formula is C21H38O18. The minimum atomic E-state index is -1.79. The van der Waals surface area contributed by atoms with Crippen LogP contribution in [0, 0.1) is 0 Å². The van der Waals surface area contributed by atoms with Gasteiger partial charge < -0.3 is 56.2 Å². The monoisotopic (exact) mass is 578 g/mol. The summed E-state index contributed by atoms with van der Waals surface area (Å²) >= 11 is 0. The minimum Gasteiger partial charge on any atom is -0.481 e. The Bertz CT molecular complexity index is 669. The molecule has 18 heteroatoms. The number of hydrogen-bond donors (Lipinski definition) is 11. The topological polar surface area (TPSA) is 342 Å². The van der Waals surface area contributed by atoms with E-state index in [-0.39, 0.29) is 38.9 Å². The molecule has 230 valence electrons. The van der Waals surface area contributed by atoms with Crippen molar-refractivity contribution < 1.29 is 89.7 Å². The molecule has 0 spiro atoms. The van der Waals surface area contributed by atoms with Gasteiger partial charge in [0.15, 0.2) is 6.10 Å². The number of carboxylic acids is 7. The summed E-state index contributed by atoms with van der Waals surface area (Å²) in [7, 11) is 0. The van der Waals surface area contributed by atoms with Crippen molar-refractivity contribution in [3.63, 3.8) is 0 Å². The Labute approximate surface area is 222 Å². The van der Waals surface area contributed by atoms with Crippen LogP contribution in [0.1, 0.15) is 64.7 Å². The van der Waals surface area contributed by atoms with Gasteiger partial charge in [-0.2, -0.15) is 0 Å². The molecule has 11 N–H and O–H groups in total. The normalized spacial score (nSPS) is 10.5. The maximum absolute atomic E-state index is 9.90. The third kappa shape index (κ3) is 65.9. The van der Waals surface area contributed by atoms with Gasteiger partial charge in [-0.3, -0.25) is 24.0 Å². The Morgan fingerprint density at radius 1 is 0.487 bits per heavy atom. The van der Waals surface area contributed by atoms with Gasteiger partial charge in [0.1, 0.15) is 6.10 Å². The molecule has 0 saturated carbocycles. The zero-order valence-corrected chi connectivity index (χ0v) is 21.2. The Morgan fingerprint density at radius 3 is 0.897 bits per heavy atom. The van der Waals surface area contributed by atoms with Crippen LogP contribution in [0.5, 0.6) is 0 Å². The van der Waals surface area contributed by atoms with E-state index in [9.17, 15) is 33.6 Å². The highest BCUT2D eigenvalue weighted by Gasteiger charge is 2.16. The fourth-order valence-electron chi connectivity index (χ4n) is 1.24. The second kappa shape index (κ2) is 32.2. The van der Waals surface area contributed by atoms with Gasteiger partial charge in [-0.1, -0.05) is 0 Å². The highest BCUT2D eigenvalue weighted by atomic mass is 16.4. The predicted molar refractivity (Wildman–Crippen MR) is 127 cm³/mol. The predicted octanol–water partition coefficient (Wildman–Crippen LogP) is -1.24. The first-order valence-corrected chi connectivity index (χ1v) is 11.0. The first kappa shape index (κ1) is 45.1. The van der Waals surface area contributed by atoms with Crippen molar-refractivity contribution in [1.29, 1.82) is 0 Å². The smallest absolute Gasteiger partial charge is 0.333 e. The largest absolute Gasteiger partial charge is 0.481 e. The average molecular weight is 579 g/mol. The zero-order chi connectivity index (χ0) is 32.0. The van der Waals surface area contributed by atoms with Crippen LogP contribution in [-0.4, -0.2) is 123 Å². The molecule has 0 rings (SSSR count). The summed E-state index contributed by atoms with van der Waals surface area (Å²) < 4.78 is 0. The van der Waals surface area contributed by atoms with Crippen molar-refractivity contribution in [2.45, 2.75) is 76.9 Å². The van der Waals surface area contributed by atoms with E-state index in [1.54, 1.807) is 0 Å². The third-order valence-corrected chi connectivity index (χ3v) is 3.16. The van der Waals surface area contributed by atoms with E-state index in [0.717, 1.165) is 12.8 Å². The van der Waals surface area contributed by atoms with Crippen LogP contribution in [0.2, 0.25) is 0 Å². The molecule has 0 aromatic rings. The lowest BCUT2D eigenvalue weighted by Crippen LogP contribution is -2.22. The summed E-state index contributed by atoms with van der Waals surface area (Å²) in [5.74, 6) is -7.92. The lowest BCUT2D eigenvalue weighted by Gasteiger charge is -1.97. The maximum atomic E-state index is 9.90. The number of carbonyl (C=O) groups is 7. The van der Waals surface area contributed by atoms with E-state index in [1.807, 2.05) is 0 Å². The molecule has 0 aliphatic carbocycles. The molecule has 0 radical (unpaired) electrons. The summed E-state index contributed by atoms with van der Waals surface area (Å²) in [4.78, 5) is 67.9. The summed E-state index contributed by atoms with van der Waals surface area (Å²) in [5.41, 5.74) is 0. The first-order chi connectivity index (χ1) is 17.8. The summed E-state index contributed by atoms with van der Waals surface area (Å²) in [6.45, 7) is 1.59. The van der Waals surface area contributed by atoms with Gasteiger partial charge in [0.05, 0.1) is 19.3 Å². The van der Waals surface area contributed by atoms with Crippen LogP contribution in [-0.2, 0) is 33.6 Å². The molecule has 0 aromatic carbocycles. The quantitative estimate of drug-likeness (QED) is 0.101. The number of aliphatic hydroxyl groups is 4. The maximum Gasteiger partial charge on any atom is 0.333 e. The molecule has 2 atom stereocenters. The number of aliphatic carboxylic acids is 7. The Morgan fingerprint density at radius 2 is 0.769 bits per heavy atom. The van der Waals surface area contributed by atoms with Crippen molar-refractivity contribution in [2.24, 2.45) is 0 Å². The van der Waals surface area contributed by atoms with E-state index in [0.29, 0.717) is 12.8 Å². The van der Waals surface area contributed by atoms with Crippen LogP contribution in [0.25, 0.3) is 0 Å². The van der Waals surface area contributed by atoms with Gasteiger partial charge >= 0.3 is 41.8 Å². The summed E-state index contributed by atoms with van der Waals surface area (Å²) in [6, 6.07) is 0. The summed E-state index contributed by atoms with van der Waals surface area (Å²) in [5, 5.41) is 88.1. The van der Waals surface area contributed by atoms with Gasteiger partial charge in [-0.25, -0.2) is 9.59 Å². The molecule has 0 bridgehead atoms. The molecule has 0 amide bonds. The van der Waals surface area contributed by atoms with E-state index < -0.39 is 60.4 Å². The van der Waals surface area contributed by atoms with E-state index in [2.05, 4.69) is 0 Å². The molecule has 18 nitrogen and oxygen atoms in total. The molecule has 0 fully saturated rings. The van der Waals surface area contributed by atoms with Crippen molar-refractivity contribution in [3.8, 4) is 0 Å². The first-order valence-electron chi connectivity index (χ1n) is 11.0. The molecule has 0 saturated heterocycles. The lowest BCUT2D eigenvalue weighted by atomic mass is 10.2. The van der Waals surface area contributed by atoms with Crippen molar-refractivity contribution in [3.05, 3.63) is 0 Å². The third-order valence-electron chi connectivity index (χ3n) is 3.16. The fourth-order valence-corrected chi connectivity index (χ4v) is 1.24. The minimum absolute atomic E-state index is 0.0628.